The summed E-state index contributed by atoms with van der Waals surface area (Å²) < 4.78 is 9.53. The quantitative estimate of drug-likeness (QED) is 0.516. The lowest BCUT2D eigenvalue weighted by molar-refractivity contribution is -0.150. The fourth-order valence-corrected chi connectivity index (χ4v) is 1.73. The molecule has 0 radical (unpaired) electrons. The van der Waals surface area contributed by atoms with E-state index in [1.807, 2.05) is 6.07 Å². The summed E-state index contributed by atoms with van der Waals surface area (Å²) in [5.41, 5.74) is -0.791. The molecule has 2 atom stereocenters. The molecule has 1 aliphatic rings. The number of amides is 2. The van der Waals surface area contributed by atoms with Gasteiger partial charge in [0.2, 0.25) is 5.91 Å². The minimum absolute atomic E-state index is 0.0682. The third-order valence-corrected chi connectivity index (χ3v) is 2.53. The molecule has 2 unspecified atom stereocenters. The van der Waals surface area contributed by atoms with Crippen molar-refractivity contribution in [3.8, 4) is 6.07 Å². The molecular weight excluding hydrogens is 252 g/mol. The number of ether oxygens (including phenoxy) is 2. The molecule has 1 rings (SSSR count). The third-order valence-electron chi connectivity index (χ3n) is 2.53. The first kappa shape index (κ1) is 15.0. The van der Waals surface area contributed by atoms with Crippen LogP contribution >= 0.6 is 0 Å². The summed E-state index contributed by atoms with van der Waals surface area (Å²) in [5, 5.41) is 8.97. The number of esters is 1. The summed E-state index contributed by atoms with van der Waals surface area (Å²) in [6.45, 7) is 4.93. The van der Waals surface area contributed by atoms with Gasteiger partial charge in [0, 0.05) is 6.42 Å². The van der Waals surface area contributed by atoms with E-state index in [9.17, 15) is 14.4 Å². The van der Waals surface area contributed by atoms with E-state index >= 15 is 0 Å². The van der Waals surface area contributed by atoms with Gasteiger partial charge < -0.3 is 9.47 Å². The highest BCUT2D eigenvalue weighted by molar-refractivity contribution is 6.06. The van der Waals surface area contributed by atoms with Crippen LogP contribution in [0.2, 0.25) is 0 Å². The lowest BCUT2D eigenvalue weighted by Crippen LogP contribution is -2.42. The summed E-state index contributed by atoms with van der Waals surface area (Å²) in [5.74, 6) is -2.63. The van der Waals surface area contributed by atoms with Gasteiger partial charge in [-0.15, -0.1) is 0 Å². The van der Waals surface area contributed by atoms with Crippen molar-refractivity contribution >= 4 is 18.0 Å². The summed E-state index contributed by atoms with van der Waals surface area (Å²) in [6, 6.07) is 0.809. The molecule has 0 aromatic heterocycles. The Labute approximate surface area is 111 Å². The van der Waals surface area contributed by atoms with Crippen molar-refractivity contribution in [2.75, 3.05) is 7.11 Å². The Morgan fingerprint density at radius 3 is 2.42 bits per heavy atom. The van der Waals surface area contributed by atoms with E-state index in [4.69, 9.17) is 10.00 Å². The molecule has 0 aromatic rings. The number of nitriles is 1. The number of carbonyl (C=O) groups excluding carboxylic acids is 3. The molecule has 0 aromatic carbocycles. The Morgan fingerprint density at radius 1 is 1.42 bits per heavy atom. The lowest BCUT2D eigenvalue weighted by Gasteiger charge is -2.24. The molecule has 1 saturated heterocycles. The Balaban J connectivity index is 2.94. The number of imide groups is 1. The topological polar surface area (TPSA) is 96.7 Å². The van der Waals surface area contributed by atoms with Gasteiger partial charge in [0.25, 0.3) is 0 Å². The molecule has 7 nitrogen and oxygen atoms in total. The maximum Gasteiger partial charge on any atom is 0.418 e. The van der Waals surface area contributed by atoms with E-state index in [-0.39, 0.29) is 6.42 Å². The first-order chi connectivity index (χ1) is 8.71. The molecule has 1 fully saturated rings. The summed E-state index contributed by atoms with van der Waals surface area (Å²) in [4.78, 5) is 35.9. The number of carbonyl (C=O) groups is 3. The first-order valence-electron chi connectivity index (χ1n) is 5.74. The number of likely N-dealkylation sites (tertiary alicyclic amines) is 1. The number of hydrogen-bond acceptors (Lipinski definition) is 6. The molecule has 1 aliphatic heterocycles. The molecule has 19 heavy (non-hydrogen) atoms. The smallest absolute Gasteiger partial charge is 0.418 e. The van der Waals surface area contributed by atoms with Crippen LogP contribution in [0.5, 0.6) is 0 Å². The standard InChI is InChI=1S/C12H16N2O5/c1-12(2,3)19-11(17)14-7(6-13)5-8(9(14)15)10(16)18-4/h7-8H,5H2,1-4H3. The van der Waals surface area contributed by atoms with Crippen molar-refractivity contribution in [3.05, 3.63) is 0 Å². The summed E-state index contributed by atoms with van der Waals surface area (Å²) >= 11 is 0. The zero-order valence-electron chi connectivity index (χ0n) is 11.3. The second-order valence-corrected chi connectivity index (χ2v) is 5.14. The van der Waals surface area contributed by atoms with Gasteiger partial charge in [0.1, 0.15) is 17.6 Å². The van der Waals surface area contributed by atoms with Crippen LogP contribution in [0.1, 0.15) is 27.2 Å². The molecule has 1 heterocycles. The van der Waals surface area contributed by atoms with Gasteiger partial charge in [0.05, 0.1) is 13.2 Å². The average Bonchev–Trinajstić information content (AvgIpc) is 2.63. The highest BCUT2D eigenvalue weighted by Gasteiger charge is 2.48. The zero-order chi connectivity index (χ0) is 14.8. The Kier molecular flexibility index (Phi) is 4.14. The van der Waals surface area contributed by atoms with Crippen LogP contribution < -0.4 is 0 Å². The zero-order valence-corrected chi connectivity index (χ0v) is 11.3. The molecule has 0 saturated carbocycles. The first-order valence-corrected chi connectivity index (χ1v) is 5.74. The van der Waals surface area contributed by atoms with Gasteiger partial charge in [-0.05, 0) is 20.8 Å². The second-order valence-electron chi connectivity index (χ2n) is 5.14. The summed E-state index contributed by atoms with van der Waals surface area (Å²) in [7, 11) is 1.15. The predicted octanol–water partition coefficient (Wildman–Crippen LogP) is 0.835. The van der Waals surface area contributed by atoms with Crippen LogP contribution in [0.3, 0.4) is 0 Å². The molecular formula is C12H16N2O5. The molecule has 2 amide bonds. The van der Waals surface area contributed by atoms with Gasteiger partial charge in [-0.3, -0.25) is 9.59 Å². The monoisotopic (exact) mass is 268 g/mol. The van der Waals surface area contributed by atoms with Gasteiger partial charge in [0.15, 0.2) is 0 Å². The van der Waals surface area contributed by atoms with Gasteiger partial charge in [-0.1, -0.05) is 0 Å². The van der Waals surface area contributed by atoms with Crippen molar-refractivity contribution in [1.82, 2.24) is 4.90 Å². The van der Waals surface area contributed by atoms with Crippen molar-refractivity contribution in [2.45, 2.75) is 38.8 Å². The van der Waals surface area contributed by atoms with E-state index in [0.717, 1.165) is 7.11 Å². The molecule has 0 bridgehead atoms. The van der Waals surface area contributed by atoms with Crippen LogP contribution in [-0.2, 0) is 19.1 Å². The molecule has 0 spiro atoms. The number of nitrogens with zero attached hydrogens (tertiary/aromatic N) is 2. The summed E-state index contributed by atoms with van der Waals surface area (Å²) in [6.07, 6.45) is -0.989. The maximum atomic E-state index is 12.0. The third kappa shape index (κ3) is 3.22. The molecule has 0 N–H and O–H groups in total. The molecule has 0 aliphatic carbocycles. The Morgan fingerprint density at radius 2 is 2.00 bits per heavy atom. The van der Waals surface area contributed by atoms with Crippen molar-refractivity contribution in [3.63, 3.8) is 0 Å². The highest BCUT2D eigenvalue weighted by Crippen LogP contribution is 2.27. The SMILES string of the molecule is COC(=O)C1CC(C#N)N(C(=O)OC(C)(C)C)C1=O. The number of rotatable bonds is 1. The van der Waals surface area contributed by atoms with E-state index in [0.29, 0.717) is 4.90 Å². The van der Waals surface area contributed by atoms with Gasteiger partial charge in [-0.2, -0.15) is 5.26 Å². The van der Waals surface area contributed by atoms with E-state index in [2.05, 4.69) is 4.74 Å². The van der Waals surface area contributed by atoms with E-state index in [1.54, 1.807) is 20.8 Å². The Hall–Kier alpha value is -2.10. The van der Waals surface area contributed by atoms with Gasteiger partial charge in [-0.25, -0.2) is 9.69 Å². The van der Waals surface area contributed by atoms with Crippen molar-refractivity contribution in [1.29, 1.82) is 5.26 Å². The Bertz CT molecular complexity index is 446. The number of methoxy groups -OCH3 is 1. The van der Waals surface area contributed by atoms with E-state index in [1.165, 1.54) is 0 Å². The largest absolute Gasteiger partial charge is 0.468 e. The van der Waals surface area contributed by atoms with Crippen LogP contribution in [0.25, 0.3) is 0 Å². The highest BCUT2D eigenvalue weighted by atomic mass is 16.6. The van der Waals surface area contributed by atoms with Crippen LogP contribution in [-0.4, -0.2) is 41.6 Å². The van der Waals surface area contributed by atoms with Crippen molar-refractivity contribution < 1.29 is 23.9 Å². The minimum Gasteiger partial charge on any atom is -0.468 e. The van der Waals surface area contributed by atoms with E-state index < -0.39 is 35.5 Å². The van der Waals surface area contributed by atoms with Crippen LogP contribution in [0, 0.1) is 17.2 Å². The minimum atomic E-state index is -1.12. The van der Waals surface area contributed by atoms with Crippen LogP contribution in [0.4, 0.5) is 4.79 Å². The fraction of sp³-hybridized carbons (Fsp3) is 0.667. The molecule has 104 valence electrons. The van der Waals surface area contributed by atoms with Crippen LogP contribution in [0.15, 0.2) is 0 Å². The molecule has 7 heteroatoms. The average molecular weight is 268 g/mol. The van der Waals surface area contributed by atoms with Gasteiger partial charge >= 0.3 is 12.1 Å². The maximum absolute atomic E-state index is 12.0. The fourth-order valence-electron chi connectivity index (χ4n) is 1.73. The predicted molar refractivity (Wildman–Crippen MR) is 62.6 cm³/mol. The van der Waals surface area contributed by atoms with Crippen molar-refractivity contribution in [2.24, 2.45) is 5.92 Å². The normalized spacial score (nSPS) is 22.9. The lowest BCUT2D eigenvalue weighted by atomic mass is 10.1. The second kappa shape index (κ2) is 5.26. The number of hydrogen-bond donors (Lipinski definition) is 0.